The van der Waals surface area contributed by atoms with Gasteiger partial charge in [-0.25, -0.2) is 4.68 Å². The Kier molecular flexibility index (Phi) is 1.11. The summed E-state index contributed by atoms with van der Waals surface area (Å²) >= 11 is 2.97. The molecular formula is C10H6BrN3. The second-order valence-corrected chi connectivity index (χ2v) is 3.03. The summed E-state index contributed by atoms with van der Waals surface area (Å²) in [7, 11) is 0. The molecule has 0 aliphatic carbocycles. The zero-order valence-electron chi connectivity index (χ0n) is 12.7. The molecule has 0 bridgehead atoms. The molecule has 0 atom stereocenters. The van der Waals surface area contributed by atoms with Crippen molar-refractivity contribution in [2.24, 2.45) is 0 Å². The first kappa shape index (κ1) is 4.28. The van der Waals surface area contributed by atoms with Crippen LogP contribution in [0.2, 0.25) is 0 Å². The molecule has 0 amide bonds. The average molecular weight is 254 g/mol. The Balaban J connectivity index is 2.89. The predicted octanol–water partition coefficient (Wildman–Crippen LogP) is 2.51. The number of rotatable bonds is 1. The molecule has 0 aliphatic rings. The summed E-state index contributed by atoms with van der Waals surface area (Å²) in [4.78, 5) is 0. The van der Waals surface area contributed by atoms with Crippen molar-refractivity contribution >= 4 is 15.9 Å². The Morgan fingerprint density at radius 2 is 2.07 bits per heavy atom. The third-order valence-electron chi connectivity index (χ3n) is 1.39. The van der Waals surface area contributed by atoms with Crippen LogP contribution in [0.15, 0.2) is 41.0 Å². The monoisotopic (exact) mass is 253 g/mol. The first-order valence-corrected chi connectivity index (χ1v) is 4.33. The highest BCUT2D eigenvalue weighted by atomic mass is 79.9. The first-order chi connectivity index (χ1) is 9.31. The van der Waals surface area contributed by atoms with Crippen LogP contribution in [0.5, 0.6) is 0 Å². The molecule has 0 radical (unpaired) electrons. The predicted molar refractivity (Wildman–Crippen MR) is 56.0 cm³/mol. The zero-order chi connectivity index (χ0) is 15.2. The number of benzene rings is 1. The van der Waals surface area contributed by atoms with Gasteiger partial charge in [-0.1, -0.05) is 0 Å². The SMILES string of the molecule is [2H]c1c([2H])c(-n2nc(Br)c([2H])c2[2H])c([2H])c([2H])c1C#N. The molecule has 14 heavy (non-hydrogen) atoms. The summed E-state index contributed by atoms with van der Waals surface area (Å²) in [5, 5.41) is 12.7. The van der Waals surface area contributed by atoms with Crippen LogP contribution in [0, 0.1) is 11.3 Å². The molecule has 2 rings (SSSR count). The van der Waals surface area contributed by atoms with Gasteiger partial charge in [0.05, 0.1) is 25.5 Å². The molecule has 0 unspecified atom stereocenters. The second kappa shape index (κ2) is 3.64. The molecule has 2 aromatic rings. The van der Waals surface area contributed by atoms with E-state index in [0.29, 0.717) is 0 Å². The van der Waals surface area contributed by atoms with Crippen molar-refractivity contribution in [2.45, 2.75) is 0 Å². The molecular weight excluding hydrogens is 242 g/mol. The topological polar surface area (TPSA) is 41.6 Å². The lowest BCUT2D eigenvalue weighted by Gasteiger charge is -1.99. The molecule has 0 saturated heterocycles. The minimum atomic E-state index is -0.499. The normalized spacial score (nSPS) is 15.7. The lowest BCUT2D eigenvalue weighted by Crippen LogP contribution is -1.93. The van der Waals surface area contributed by atoms with Crippen LogP contribution in [0.4, 0.5) is 0 Å². The molecule has 0 saturated carbocycles. The fourth-order valence-electron chi connectivity index (χ4n) is 0.810. The van der Waals surface area contributed by atoms with Gasteiger partial charge in [-0.2, -0.15) is 10.4 Å². The number of nitriles is 1. The largest absolute Gasteiger partial charge is 0.240 e. The van der Waals surface area contributed by atoms with Crippen LogP contribution >= 0.6 is 15.9 Å². The van der Waals surface area contributed by atoms with E-state index in [2.05, 4.69) is 21.0 Å². The van der Waals surface area contributed by atoms with Crippen LogP contribution in [0.25, 0.3) is 5.69 Å². The molecule has 1 aromatic heterocycles. The quantitative estimate of drug-likeness (QED) is 0.784. The van der Waals surface area contributed by atoms with Crippen LogP contribution in [-0.2, 0) is 0 Å². The Morgan fingerprint density at radius 1 is 1.36 bits per heavy atom. The third kappa shape index (κ3) is 1.68. The van der Waals surface area contributed by atoms with E-state index >= 15 is 0 Å². The van der Waals surface area contributed by atoms with Crippen LogP contribution in [0.1, 0.15) is 13.8 Å². The van der Waals surface area contributed by atoms with Gasteiger partial charge in [-0.3, -0.25) is 0 Å². The van der Waals surface area contributed by atoms with E-state index in [1.807, 2.05) is 0 Å². The van der Waals surface area contributed by atoms with E-state index in [1.165, 1.54) is 0 Å². The van der Waals surface area contributed by atoms with E-state index < -0.39 is 24.2 Å². The van der Waals surface area contributed by atoms with Gasteiger partial charge in [0.2, 0.25) is 0 Å². The first-order valence-electron chi connectivity index (χ1n) is 6.53. The van der Waals surface area contributed by atoms with Crippen molar-refractivity contribution in [2.75, 3.05) is 0 Å². The molecule has 1 aromatic carbocycles. The summed E-state index contributed by atoms with van der Waals surface area (Å²) in [6.45, 7) is 0. The van der Waals surface area contributed by atoms with E-state index in [1.54, 1.807) is 6.07 Å². The number of halogens is 1. The van der Waals surface area contributed by atoms with Crippen LogP contribution < -0.4 is 0 Å². The highest BCUT2D eigenvalue weighted by Crippen LogP contribution is 2.11. The van der Waals surface area contributed by atoms with Gasteiger partial charge in [-0.05, 0) is 46.1 Å². The Morgan fingerprint density at radius 3 is 2.57 bits per heavy atom. The smallest absolute Gasteiger partial charge is 0.128 e. The maximum atomic E-state index is 8.86. The van der Waals surface area contributed by atoms with Crippen LogP contribution in [0.3, 0.4) is 0 Å². The Bertz CT molecular complexity index is 735. The molecule has 4 heteroatoms. The number of aromatic nitrogens is 2. The number of hydrogen-bond donors (Lipinski definition) is 0. The molecule has 3 nitrogen and oxygen atoms in total. The zero-order valence-corrected chi connectivity index (χ0v) is 8.31. The fraction of sp³-hybridized carbons (Fsp3) is 0. The fourth-order valence-corrected chi connectivity index (χ4v) is 1.06. The van der Waals surface area contributed by atoms with Crippen molar-refractivity contribution in [3.8, 4) is 11.8 Å². The summed E-state index contributed by atoms with van der Waals surface area (Å²) in [5.41, 5.74) is -0.629. The van der Waals surface area contributed by atoms with Gasteiger partial charge >= 0.3 is 0 Å². The third-order valence-corrected chi connectivity index (χ3v) is 1.75. The highest BCUT2D eigenvalue weighted by molar-refractivity contribution is 9.10. The van der Waals surface area contributed by atoms with Gasteiger partial charge in [-0.15, -0.1) is 0 Å². The molecule has 0 fully saturated rings. The van der Waals surface area contributed by atoms with Crippen molar-refractivity contribution in [1.82, 2.24) is 9.78 Å². The van der Waals surface area contributed by atoms with Gasteiger partial charge < -0.3 is 0 Å². The highest BCUT2D eigenvalue weighted by Gasteiger charge is 1.98. The van der Waals surface area contributed by atoms with Gasteiger partial charge in [0.15, 0.2) is 0 Å². The lowest BCUT2D eigenvalue weighted by atomic mass is 10.2. The average Bonchev–Trinajstić information content (AvgIpc) is 2.66. The van der Waals surface area contributed by atoms with E-state index in [0.717, 1.165) is 4.68 Å². The number of hydrogen-bond acceptors (Lipinski definition) is 2. The second-order valence-electron chi connectivity index (χ2n) is 2.27. The molecule has 0 N–H and O–H groups in total. The van der Waals surface area contributed by atoms with Crippen molar-refractivity contribution in [1.29, 1.82) is 5.26 Å². The lowest BCUT2D eigenvalue weighted by molar-refractivity contribution is 0.870. The van der Waals surface area contributed by atoms with Gasteiger partial charge in [0.1, 0.15) is 4.60 Å². The Hall–Kier alpha value is -1.60. The summed E-state index contributed by atoms with van der Waals surface area (Å²) < 4.78 is 47.2. The van der Waals surface area contributed by atoms with Gasteiger partial charge in [0.25, 0.3) is 0 Å². The molecule has 68 valence electrons. The summed E-state index contributed by atoms with van der Waals surface area (Å²) in [6.07, 6.45) is -0.373. The summed E-state index contributed by atoms with van der Waals surface area (Å²) in [5.74, 6) is 0. The van der Waals surface area contributed by atoms with E-state index in [-0.39, 0.29) is 28.1 Å². The molecule has 0 spiro atoms. The van der Waals surface area contributed by atoms with Crippen molar-refractivity contribution < 1.29 is 8.22 Å². The van der Waals surface area contributed by atoms with Gasteiger partial charge in [0, 0.05) is 6.17 Å². The standard InChI is InChI=1S/C10H6BrN3/c11-10-5-6-14(13-10)9-3-1-8(7-12)2-4-9/h1-6H/i1D,2D,3D,4D,5D,6D. The maximum absolute atomic E-state index is 8.86. The number of nitrogens with zero attached hydrogens (tertiary/aromatic N) is 3. The van der Waals surface area contributed by atoms with Crippen molar-refractivity contribution in [3.63, 3.8) is 0 Å². The van der Waals surface area contributed by atoms with E-state index in [9.17, 15) is 0 Å². The minimum Gasteiger partial charge on any atom is -0.240 e. The van der Waals surface area contributed by atoms with Crippen LogP contribution in [-0.4, -0.2) is 9.78 Å². The maximum Gasteiger partial charge on any atom is 0.128 e. The molecule has 0 aliphatic heterocycles. The van der Waals surface area contributed by atoms with E-state index in [4.69, 9.17) is 13.5 Å². The summed E-state index contributed by atoms with van der Waals surface area (Å²) in [6, 6.07) is -0.572. The molecule has 1 heterocycles. The minimum absolute atomic E-state index is 0.0590. The van der Waals surface area contributed by atoms with Crippen molar-refractivity contribution in [3.05, 3.63) is 46.6 Å². The Labute approximate surface area is 98.2 Å².